The van der Waals surface area contributed by atoms with Crippen molar-refractivity contribution < 1.29 is 14.9 Å². The molecule has 0 radical (unpaired) electrons. The Bertz CT molecular complexity index is 571. The highest BCUT2D eigenvalue weighted by Crippen LogP contribution is 2.38. The third kappa shape index (κ3) is 2.39. The van der Waals surface area contributed by atoms with Gasteiger partial charge in [0.05, 0.1) is 12.7 Å². The Morgan fingerprint density at radius 3 is 3.00 bits per heavy atom. The maximum absolute atomic E-state index is 10.4. The zero-order chi connectivity index (χ0) is 13.2. The van der Waals surface area contributed by atoms with E-state index in [2.05, 4.69) is 4.98 Å². The summed E-state index contributed by atoms with van der Waals surface area (Å²) in [5, 5.41) is 19.9. The van der Waals surface area contributed by atoms with Crippen molar-refractivity contribution in [1.82, 2.24) is 4.98 Å². The van der Waals surface area contributed by atoms with Crippen LogP contribution in [0.25, 0.3) is 0 Å². The minimum absolute atomic E-state index is 0.0292. The number of ether oxygens (including phenoxy) is 1. The molecule has 4 heteroatoms. The number of aliphatic hydroxyl groups is 1. The van der Waals surface area contributed by atoms with Gasteiger partial charge in [0.15, 0.2) is 0 Å². The number of nitrogens with zero attached hydrogens (tertiary/aromatic N) is 1. The maximum Gasteiger partial charge on any atom is 0.125 e. The van der Waals surface area contributed by atoms with Crippen LogP contribution in [-0.2, 0) is 6.42 Å². The molecule has 0 spiro atoms. The van der Waals surface area contributed by atoms with E-state index in [1.807, 2.05) is 12.1 Å². The van der Waals surface area contributed by atoms with Crippen LogP contribution in [0.4, 0.5) is 0 Å². The number of aromatic hydroxyl groups is 1. The standard InChI is InChI=1S/C15H15NO3/c17-12-3-4-14-13(7-12)15(18)11(9-19-14)6-10-2-1-5-16-8-10/h1-5,7-8,11,15,17-18H,6,9H2/t11-,15+/m1/s1. The van der Waals surface area contributed by atoms with Crippen molar-refractivity contribution in [2.75, 3.05) is 6.61 Å². The lowest BCUT2D eigenvalue weighted by Crippen LogP contribution is -2.27. The van der Waals surface area contributed by atoms with E-state index in [-0.39, 0.29) is 11.7 Å². The second kappa shape index (κ2) is 4.90. The zero-order valence-corrected chi connectivity index (χ0v) is 10.4. The van der Waals surface area contributed by atoms with Gasteiger partial charge in [-0.05, 0) is 36.2 Å². The van der Waals surface area contributed by atoms with Crippen LogP contribution < -0.4 is 4.74 Å². The van der Waals surface area contributed by atoms with Crippen molar-refractivity contribution in [2.45, 2.75) is 12.5 Å². The van der Waals surface area contributed by atoms with E-state index in [0.29, 0.717) is 24.3 Å². The van der Waals surface area contributed by atoms with Crippen molar-refractivity contribution in [3.05, 3.63) is 53.9 Å². The molecule has 0 unspecified atom stereocenters. The van der Waals surface area contributed by atoms with Crippen LogP contribution in [0, 0.1) is 5.92 Å². The number of aromatic nitrogens is 1. The number of pyridine rings is 1. The molecule has 2 heterocycles. The minimum atomic E-state index is -0.629. The SMILES string of the molecule is Oc1ccc2c(c1)[C@@H](O)[C@H](Cc1cccnc1)CO2. The molecule has 0 saturated heterocycles. The number of phenols is 1. The molecule has 0 bridgehead atoms. The van der Waals surface area contributed by atoms with Crippen LogP contribution in [0.1, 0.15) is 17.2 Å². The van der Waals surface area contributed by atoms with Crippen LogP contribution in [0.2, 0.25) is 0 Å². The van der Waals surface area contributed by atoms with E-state index < -0.39 is 6.10 Å². The number of aliphatic hydroxyl groups excluding tert-OH is 1. The second-order valence-corrected chi connectivity index (χ2v) is 4.80. The molecule has 1 aliphatic rings. The number of hydrogen-bond donors (Lipinski definition) is 2. The van der Waals surface area contributed by atoms with E-state index in [0.717, 1.165) is 5.56 Å². The zero-order valence-electron chi connectivity index (χ0n) is 10.4. The van der Waals surface area contributed by atoms with Gasteiger partial charge in [0.1, 0.15) is 11.5 Å². The summed E-state index contributed by atoms with van der Waals surface area (Å²) in [6.45, 7) is 0.466. The molecular weight excluding hydrogens is 242 g/mol. The van der Waals surface area contributed by atoms with Crippen molar-refractivity contribution in [3.8, 4) is 11.5 Å². The van der Waals surface area contributed by atoms with Crippen LogP contribution in [-0.4, -0.2) is 21.8 Å². The first kappa shape index (κ1) is 12.0. The van der Waals surface area contributed by atoms with Crippen molar-refractivity contribution in [1.29, 1.82) is 0 Å². The maximum atomic E-state index is 10.4. The predicted molar refractivity (Wildman–Crippen MR) is 70.0 cm³/mol. The summed E-state index contributed by atoms with van der Waals surface area (Å²) >= 11 is 0. The molecule has 1 aromatic carbocycles. The molecule has 2 N–H and O–H groups in total. The average Bonchev–Trinajstić information content (AvgIpc) is 2.44. The molecule has 0 aliphatic carbocycles. The number of hydrogen-bond acceptors (Lipinski definition) is 4. The molecule has 2 atom stereocenters. The fourth-order valence-corrected chi connectivity index (χ4v) is 2.43. The molecule has 1 aliphatic heterocycles. The lowest BCUT2D eigenvalue weighted by atomic mass is 9.88. The second-order valence-electron chi connectivity index (χ2n) is 4.80. The smallest absolute Gasteiger partial charge is 0.125 e. The highest BCUT2D eigenvalue weighted by atomic mass is 16.5. The quantitative estimate of drug-likeness (QED) is 0.864. The number of phenolic OH excluding ortho intramolecular Hbond substituents is 1. The van der Waals surface area contributed by atoms with Crippen LogP contribution in [0.15, 0.2) is 42.7 Å². The fraction of sp³-hybridized carbons (Fsp3) is 0.267. The van der Waals surface area contributed by atoms with Gasteiger partial charge in [-0.2, -0.15) is 0 Å². The lowest BCUT2D eigenvalue weighted by Gasteiger charge is -2.30. The number of fused-ring (bicyclic) bond motifs is 1. The van der Waals surface area contributed by atoms with Gasteiger partial charge in [0, 0.05) is 23.9 Å². The summed E-state index contributed by atoms with van der Waals surface area (Å²) in [5.74, 6) is 0.759. The van der Waals surface area contributed by atoms with Gasteiger partial charge >= 0.3 is 0 Å². The third-order valence-corrected chi connectivity index (χ3v) is 3.43. The molecule has 4 nitrogen and oxygen atoms in total. The summed E-state index contributed by atoms with van der Waals surface area (Å²) in [6, 6.07) is 8.68. The first-order valence-corrected chi connectivity index (χ1v) is 6.27. The first-order valence-electron chi connectivity index (χ1n) is 6.27. The number of benzene rings is 1. The van der Waals surface area contributed by atoms with E-state index >= 15 is 0 Å². The van der Waals surface area contributed by atoms with Crippen molar-refractivity contribution >= 4 is 0 Å². The van der Waals surface area contributed by atoms with E-state index in [1.54, 1.807) is 30.6 Å². The summed E-state index contributed by atoms with van der Waals surface area (Å²) in [6.07, 6.45) is 3.59. The normalized spacial score (nSPS) is 21.5. The Morgan fingerprint density at radius 2 is 2.21 bits per heavy atom. The minimum Gasteiger partial charge on any atom is -0.508 e. The molecule has 1 aromatic heterocycles. The first-order chi connectivity index (χ1) is 9.24. The molecule has 0 fully saturated rings. The molecule has 19 heavy (non-hydrogen) atoms. The topological polar surface area (TPSA) is 62.6 Å². The molecular formula is C15H15NO3. The Kier molecular flexibility index (Phi) is 3.09. The van der Waals surface area contributed by atoms with E-state index in [1.165, 1.54) is 0 Å². The molecule has 2 aromatic rings. The van der Waals surface area contributed by atoms with Gasteiger partial charge in [-0.3, -0.25) is 4.98 Å². The van der Waals surface area contributed by atoms with Gasteiger partial charge < -0.3 is 14.9 Å². The van der Waals surface area contributed by atoms with Crippen LogP contribution >= 0.6 is 0 Å². The van der Waals surface area contributed by atoms with Crippen molar-refractivity contribution in [3.63, 3.8) is 0 Å². The van der Waals surface area contributed by atoms with Crippen molar-refractivity contribution in [2.24, 2.45) is 5.92 Å². The monoisotopic (exact) mass is 257 g/mol. The number of rotatable bonds is 2. The molecule has 3 rings (SSSR count). The summed E-state index contributed by atoms with van der Waals surface area (Å²) in [5.41, 5.74) is 1.72. The van der Waals surface area contributed by atoms with E-state index in [4.69, 9.17) is 4.74 Å². The summed E-state index contributed by atoms with van der Waals surface area (Å²) < 4.78 is 5.64. The van der Waals surface area contributed by atoms with Gasteiger partial charge in [-0.1, -0.05) is 6.07 Å². The lowest BCUT2D eigenvalue weighted by molar-refractivity contribution is 0.0505. The van der Waals surface area contributed by atoms with E-state index in [9.17, 15) is 10.2 Å². The van der Waals surface area contributed by atoms with Crippen LogP contribution in [0.5, 0.6) is 11.5 Å². The Labute approximate surface area is 111 Å². The average molecular weight is 257 g/mol. The van der Waals surface area contributed by atoms with Gasteiger partial charge in [0.25, 0.3) is 0 Å². The van der Waals surface area contributed by atoms with Gasteiger partial charge in [-0.25, -0.2) is 0 Å². The molecule has 0 amide bonds. The Hall–Kier alpha value is -2.07. The molecule has 98 valence electrons. The molecule has 0 saturated carbocycles. The highest BCUT2D eigenvalue weighted by Gasteiger charge is 2.29. The van der Waals surface area contributed by atoms with Gasteiger partial charge in [0.2, 0.25) is 0 Å². The largest absolute Gasteiger partial charge is 0.508 e. The van der Waals surface area contributed by atoms with Crippen LogP contribution in [0.3, 0.4) is 0 Å². The Balaban J connectivity index is 1.83. The predicted octanol–water partition coefficient (Wildman–Crippen LogP) is 2.07. The summed E-state index contributed by atoms with van der Waals surface area (Å²) in [4.78, 5) is 4.07. The Morgan fingerprint density at radius 1 is 1.32 bits per heavy atom. The fourth-order valence-electron chi connectivity index (χ4n) is 2.43. The highest BCUT2D eigenvalue weighted by molar-refractivity contribution is 5.42. The third-order valence-electron chi connectivity index (χ3n) is 3.43. The van der Waals surface area contributed by atoms with Gasteiger partial charge in [-0.15, -0.1) is 0 Å². The summed E-state index contributed by atoms with van der Waals surface area (Å²) in [7, 11) is 0.